The summed E-state index contributed by atoms with van der Waals surface area (Å²) < 4.78 is 5.00. The zero-order valence-electron chi connectivity index (χ0n) is 11.1. The van der Waals surface area contributed by atoms with E-state index in [1.165, 1.54) is 32.0 Å². The number of carboxylic acid groups (broad SMARTS) is 1. The number of carboxylic acids is 1. The molecule has 0 spiro atoms. The van der Waals surface area contributed by atoms with Gasteiger partial charge in [0.15, 0.2) is 0 Å². The monoisotopic (exact) mass is 277 g/mol. The fraction of sp³-hybridized carbons (Fsp3) is 0.286. The Bertz CT molecular complexity index is 717. The van der Waals surface area contributed by atoms with Crippen LogP contribution in [0.3, 0.4) is 0 Å². The molecule has 2 aromatic rings. The van der Waals surface area contributed by atoms with Gasteiger partial charge in [-0.3, -0.25) is 10.1 Å². The molecular weight excluding hydrogens is 262 g/mol. The minimum atomic E-state index is -1.11. The van der Waals surface area contributed by atoms with E-state index in [1.807, 2.05) is 0 Å². The van der Waals surface area contributed by atoms with E-state index in [0.29, 0.717) is 10.9 Å². The van der Waals surface area contributed by atoms with E-state index < -0.39 is 17.1 Å². The number of fused-ring (bicyclic) bond motifs is 1. The van der Waals surface area contributed by atoms with Crippen molar-refractivity contribution in [3.8, 4) is 5.75 Å². The largest absolute Gasteiger partial charge is 0.508 e. The first kappa shape index (κ1) is 14.1. The first-order valence-corrected chi connectivity index (χ1v) is 6.04. The van der Waals surface area contributed by atoms with Crippen molar-refractivity contribution in [3.05, 3.63) is 40.2 Å². The number of benzene rings is 1. The highest BCUT2D eigenvalue weighted by Gasteiger charge is 2.26. The molecule has 0 bridgehead atoms. The van der Waals surface area contributed by atoms with Gasteiger partial charge in [-0.1, -0.05) is 0 Å². The van der Waals surface area contributed by atoms with Crippen LogP contribution in [0.5, 0.6) is 5.75 Å². The van der Waals surface area contributed by atoms with Crippen molar-refractivity contribution < 1.29 is 19.4 Å². The average molecular weight is 277 g/mol. The van der Waals surface area contributed by atoms with E-state index in [4.69, 9.17) is 9.52 Å². The van der Waals surface area contributed by atoms with Gasteiger partial charge >= 0.3 is 11.6 Å². The maximum atomic E-state index is 11.5. The molecule has 0 atom stereocenters. The van der Waals surface area contributed by atoms with Gasteiger partial charge in [0.1, 0.15) is 16.9 Å². The van der Waals surface area contributed by atoms with Crippen LogP contribution in [-0.4, -0.2) is 21.7 Å². The normalized spacial score (nSPS) is 11.7. The van der Waals surface area contributed by atoms with E-state index in [9.17, 15) is 14.7 Å². The fourth-order valence-corrected chi connectivity index (χ4v) is 1.76. The van der Waals surface area contributed by atoms with Crippen molar-refractivity contribution in [3.63, 3.8) is 0 Å². The first-order valence-electron chi connectivity index (χ1n) is 6.04. The third-order valence-corrected chi connectivity index (χ3v) is 3.07. The van der Waals surface area contributed by atoms with Crippen molar-refractivity contribution in [2.24, 2.45) is 0 Å². The zero-order chi connectivity index (χ0) is 14.9. The van der Waals surface area contributed by atoms with Crippen LogP contribution in [0, 0.1) is 0 Å². The lowest BCUT2D eigenvalue weighted by Gasteiger charge is -2.21. The van der Waals surface area contributed by atoms with Crippen molar-refractivity contribution in [2.45, 2.75) is 25.9 Å². The van der Waals surface area contributed by atoms with Crippen LogP contribution < -0.4 is 10.9 Å². The number of carbonyl (C=O) groups is 1. The lowest BCUT2D eigenvalue weighted by Crippen LogP contribution is -2.46. The van der Waals surface area contributed by atoms with E-state index in [-0.39, 0.29) is 17.9 Å². The number of hydrogen-bond donors (Lipinski definition) is 3. The molecular formula is C14H15NO5. The van der Waals surface area contributed by atoms with Crippen LogP contribution in [-0.2, 0) is 11.3 Å². The highest BCUT2D eigenvalue weighted by molar-refractivity contribution is 5.82. The number of nitrogens with one attached hydrogen (secondary N) is 1. The van der Waals surface area contributed by atoms with Crippen LogP contribution >= 0.6 is 0 Å². The number of rotatable bonds is 4. The Kier molecular flexibility index (Phi) is 3.50. The maximum Gasteiger partial charge on any atom is 0.336 e. The van der Waals surface area contributed by atoms with Crippen LogP contribution in [0.25, 0.3) is 11.0 Å². The third-order valence-electron chi connectivity index (χ3n) is 3.07. The summed E-state index contributed by atoms with van der Waals surface area (Å²) in [6.45, 7) is 3.27. The molecule has 1 aromatic carbocycles. The maximum absolute atomic E-state index is 11.5. The van der Waals surface area contributed by atoms with Crippen molar-refractivity contribution in [1.82, 2.24) is 5.32 Å². The third kappa shape index (κ3) is 2.80. The van der Waals surface area contributed by atoms with Crippen molar-refractivity contribution in [2.75, 3.05) is 0 Å². The number of phenols is 1. The molecule has 0 amide bonds. The highest BCUT2D eigenvalue weighted by atomic mass is 16.4. The molecule has 1 aromatic heterocycles. The Labute approximate surface area is 114 Å². The predicted molar refractivity (Wildman–Crippen MR) is 72.7 cm³/mol. The molecule has 0 aliphatic carbocycles. The quantitative estimate of drug-likeness (QED) is 0.731. The van der Waals surface area contributed by atoms with Crippen molar-refractivity contribution >= 4 is 16.9 Å². The Hall–Kier alpha value is -2.34. The second-order valence-electron chi connectivity index (χ2n) is 5.05. The molecule has 3 N–H and O–H groups in total. The van der Waals surface area contributed by atoms with Gasteiger partial charge in [-0.05, 0) is 31.5 Å². The minimum absolute atomic E-state index is 0.00312. The molecule has 106 valence electrons. The second-order valence-corrected chi connectivity index (χ2v) is 5.05. The number of hydrogen-bond acceptors (Lipinski definition) is 5. The molecule has 20 heavy (non-hydrogen) atoms. The first-order chi connectivity index (χ1) is 9.29. The minimum Gasteiger partial charge on any atom is -0.508 e. The van der Waals surface area contributed by atoms with E-state index in [2.05, 4.69) is 5.32 Å². The standard InChI is InChI=1S/C14H15NO5/c1-14(2,13(18)19)15-7-8-5-12(17)20-11-6-9(16)3-4-10(8)11/h3-6,15-16H,7H2,1-2H3,(H,18,19). The average Bonchev–Trinajstić information content (AvgIpc) is 2.35. The van der Waals surface area contributed by atoms with Crippen molar-refractivity contribution in [1.29, 1.82) is 0 Å². The Morgan fingerprint density at radius 3 is 2.70 bits per heavy atom. The van der Waals surface area contributed by atoms with Crippen LogP contribution in [0.2, 0.25) is 0 Å². The number of phenolic OH excluding ortho intramolecular Hbond substituents is 1. The summed E-state index contributed by atoms with van der Waals surface area (Å²) in [5.41, 5.74) is -0.778. The smallest absolute Gasteiger partial charge is 0.336 e. The second kappa shape index (κ2) is 4.97. The summed E-state index contributed by atoms with van der Waals surface area (Å²) in [6, 6.07) is 5.76. The van der Waals surface area contributed by atoms with Gasteiger partial charge in [0.05, 0.1) is 0 Å². The Balaban J connectivity index is 2.40. The van der Waals surface area contributed by atoms with Gasteiger partial charge in [-0.15, -0.1) is 0 Å². The van der Waals surface area contributed by atoms with Gasteiger partial charge in [-0.2, -0.15) is 0 Å². The van der Waals surface area contributed by atoms with Gasteiger partial charge in [0.25, 0.3) is 0 Å². The summed E-state index contributed by atoms with van der Waals surface area (Å²) in [4.78, 5) is 22.5. The lowest BCUT2D eigenvalue weighted by atomic mass is 10.0. The summed E-state index contributed by atoms with van der Waals surface area (Å²) in [5.74, 6) is -0.987. The van der Waals surface area contributed by atoms with E-state index >= 15 is 0 Å². The molecule has 6 heteroatoms. The molecule has 0 saturated heterocycles. The molecule has 0 aliphatic rings. The summed E-state index contributed by atoms with van der Waals surface area (Å²) in [7, 11) is 0. The van der Waals surface area contributed by atoms with Gasteiger partial charge in [0, 0.05) is 24.1 Å². The topological polar surface area (TPSA) is 99.8 Å². The predicted octanol–water partition coefficient (Wildman–Crippen LogP) is 1.45. The zero-order valence-corrected chi connectivity index (χ0v) is 11.1. The molecule has 2 rings (SSSR count). The summed E-state index contributed by atoms with van der Waals surface area (Å²) in [5, 5.41) is 22.0. The van der Waals surface area contributed by atoms with E-state index in [1.54, 1.807) is 6.07 Å². The molecule has 0 unspecified atom stereocenters. The molecule has 0 saturated carbocycles. The lowest BCUT2D eigenvalue weighted by molar-refractivity contribution is -0.143. The summed E-state index contributed by atoms with van der Waals surface area (Å²) in [6.07, 6.45) is 0. The SMILES string of the molecule is CC(C)(NCc1cc(=O)oc2cc(O)ccc12)C(=O)O. The van der Waals surface area contributed by atoms with Gasteiger partial charge in [-0.25, -0.2) is 4.79 Å². The van der Waals surface area contributed by atoms with Crippen LogP contribution in [0.1, 0.15) is 19.4 Å². The van der Waals surface area contributed by atoms with Crippen LogP contribution in [0.4, 0.5) is 0 Å². The number of aliphatic carboxylic acids is 1. The molecule has 6 nitrogen and oxygen atoms in total. The molecule has 0 fully saturated rings. The molecule has 1 heterocycles. The Morgan fingerprint density at radius 2 is 2.05 bits per heavy atom. The number of aromatic hydroxyl groups is 1. The fourth-order valence-electron chi connectivity index (χ4n) is 1.76. The Morgan fingerprint density at radius 1 is 1.35 bits per heavy atom. The van der Waals surface area contributed by atoms with E-state index in [0.717, 1.165) is 0 Å². The van der Waals surface area contributed by atoms with Gasteiger partial charge in [0.2, 0.25) is 0 Å². The van der Waals surface area contributed by atoms with Crippen LogP contribution in [0.15, 0.2) is 33.5 Å². The summed E-state index contributed by atoms with van der Waals surface area (Å²) >= 11 is 0. The van der Waals surface area contributed by atoms with Gasteiger partial charge < -0.3 is 14.6 Å². The molecule has 0 aliphatic heterocycles. The molecule has 0 radical (unpaired) electrons. The highest BCUT2D eigenvalue weighted by Crippen LogP contribution is 2.22.